The topological polar surface area (TPSA) is 24.7 Å². The zero-order valence-corrected chi connectivity index (χ0v) is 22.9. The van der Waals surface area contributed by atoms with Crippen molar-refractivity contribution < 1.29 is 0 Å². The minimum Gasteiger partial charge on any atom is -0.252 e. The predicted molar refractivity (Wildman–Crippen MR) is 147 cm³/mol. The summed E-state index contributed by atoms with van der Waals surface area (Å²) in [5.74, 6) is 0. The highest BCUT2D eigenvalue weighted by Crippen LogP contribution is 2.23. The molecule has 0 amide bonds. The Morgan fingerprint density at radius 1 is 0.548 bits per heavy atom. The second-order valence-electron chi connectivity index (χ2n) is 10.2. The first kappa shape index (κ1) is 23.6. The molecule has 0 spiro atoms. The molecule has 0 atom stereocenters. The van der Waals surface area contributed by atoms with Crippen LogP contribution < -0.4 is 10.4 Å². The monoisotopic (exact) mass is 462 g/mol. The summed E-state index contributed by atoms with van der Waals surface area (Å²) in [5.41, 5.74) is 4.12. The van der Waals surface area contributed by atoms with Crippen molar-refractivity contribution in [3.63, 3.8) is 0 Å². The summed E-state index contributed by atoms with van der Waals surface area (Å²) in [5, 5.41) is 2.93. The zero-order valence-electron chi connectivity index (χ0n) is 20.1. The standard InChI is InChI=1S/C26H34N2SSi2/c1-19(27-21-9-13-23(14-10-21)30(3,4)5)25-17-18-26(29-25)20(2)28-22-11-15-24(16-12-22)31(6,7)8/h9-18H,1-8H3. The van der Waals surface area contributed by atoms with Gasteiger partial charge in [-0.1, -0.05) is 73.9 Å². The molecule has 0 aliphatic rings. The fourth-order valence-corrected chi connectivity index (χ4v) is 6.53. The quantitative estimate of drug-likeness (QED) is 0.275. The first-order chi connectivity index (χ1) is 14.4. The van der Waals surface area contributed by atoms with Crippen LogP contribution in [0.3, 0.4) is 0 Å². The third-order valence-electron chi connectivity index (χ3n) is 5.38. The highest BCUT2D eigenvalue weighted by molar-refractivity contribution is 7.16. The van der Waals surface area contributed by atoms with Crippen LogP contribution in [0.2, 0.25) is 39.3 Å². The molecule has 31 heavy (non-hydrogen) atoms. The Bertz CT molecular complexity index is 1010. The summed E-state index contributed by atoms with van der Waals surface area (Å²) in [6.07, 6.45) is 0. The van der Waals surface area contributed by atoms with E-state index in [-0.39, 0.29) is 0 Å². The molecule has 0 unspecified atom stereocenters. The SMILES string of the molecule is CC(=Nc1ccc([Si](C)(C)C)cc1)c1ccc(C(C)=Nc2ccc([Si](C)(C)C)cc2)s1. The van der Waals surface area contributed by atoms with Gasteiger partial charge in [0.15, 0.2) is 0 Å². The predicted octanol–water partition coefficient (Wildman–Crippen LogP) is 7.12. The van der Waals surface area contributed by atoms with Gasteiger partial charge in [0.05, 0.1) is 38.9 Å². The summed E-state index contributed by atoms with van der Waals surface area (Å²) in [4.78, 5) is 12.1. The van der Waals surface area contributed by atoms with Gasteiger partial charge in [0.25, 0.3) is 0 Å². The lowest BCUT2D eigenvalue weighted by Gasteiger charge is -2.16. The van der Waals surface area contributed by atoms with Crippen molar-refractivity contribution in [1.82, 2.24) is 0 Å². The lowest BCUT2D eigenvalue weighted by Crippen LogP contribution is -2.37. The highest BCUT2D eigenvalue weighted by Gasteiger charge is 2.16. The van der Waals surface area contributed by atoms with Crippen molar-refractivity contribution in [2.45, 2.75) is 53.1 Å². The Kier molecular flexibility index (Phi) is 6.99. The van der Waals surface area contributed by atoms with E-state index in [9.17, 15) is 0 Å². The number of benzene rings is 2. The van der Waals surface area contributed by atoms with Crippen LogP contribution in [-0.2, 0) is 0 Å². The van der Waals surface area contributed by atoms with Crippen LogP contribution in [0.15, 0.2) is 70.6 Å². The minimum absolute atomic E-state index is 1.02. The van der Waals surface area contributed by atoms with Gasteiger partial charge >= 0.3 is 0 Å². The maximum Gasteiger partial charge on any atom is 0.0775 e. The van der Waals surface area contributed by atoms with E-state index >= 15 is 0 Å². The van der Waals surface area contributed by atoms with Crippen LogP contribution >= 0.6 is 11.3 Å². The molecule has 1 aromatic heterocycles. The lowest BCUT2D eigenvalue weighted by atomic mass is 10.2. The van der Waals surface area contributed by atoms with Gasteiger partial charge in [-0.15, -0.1) is 11.3 Å². The zero-order chi connectivity index (χ0) is 22.8. The van der Waals surface area contributed by atoms with Gasteiger partial charge in [0.2, 0.25) is 0 Å². The van der Waals surface area contributed by atoms with Crippen molar-refractivity contribution in [2.75, 3.05) is 0 Å². The van der Waals surface area contributed by atoms with Crippen LogP contribution in [0.5, 0.6) is 0 Å². The van der Waals surface area contributed by atoms with E-state index in [0.717, 1.165) is 22.8 Å². The molecule has 0 fully saturated rings. The van der Waals surface area contributed by atoms with Gasteiger partial charge in [0, 0.05) is 9.75 Å². The number of rotatable bonds is 6. The molecule has 162 valence electrons. The average molecular weight is 463 g/mol. The van der Waals surface area contributed by atoms with Gasteiger partial charge in [-0.25, -0.2) is 0 Å². The summed E-state index contributed by atoms with van der Waals surface area (Å²) in [7, 11) is -2.54. The Morgan fingerprint density at radius 3 is 1.16 bits per heavy atom. The number of hydrogen-bond donors (Lipinski definition) is 0. The molecule has 2 aromatic carbocycles. The first-order valence-electron chi connectivity index (χ1n) is 10.9. The lowest BCUT2D eigenvalue weighted by molar-refractivity contribution is 1.50. The van der Waals surface area contributed by atoms with Gasteiger partial charge < -0.3 is 0 Å². The third kappa shape index (κ3) is 6.22. The minimum atomic E-state index is -1.27. The van der Waals surface area contributed by atoms with Crippen molar-refractivity contribution in [3.05, 3.63) is 70.4 Å². The number of hydrogen-bond acceptors (Lipinski definition) is 3. The van der Waals surface area contributed by atoms with Crippen LogP contribution in [0.25, 0.3) is 0 Å². The van der Waals surface area contributed by atoms with Gasteiger partial charge in [-0.3, -0.25) is 9.98 Å². The fourth-order valence-electron chi connectivity index (χ4n) is 3.30. The molecule has 0 saturated carbocycles. The van der Waals surface area contributed by atoms with Crippen LogP contribution in [0, 0.1) is 0 Å². The normalized spacial score (nSPS) is 13.5. The largest absolute Gasteiger partial charge is 0.252 e. The number of nitrogens with zero attached hydrogens (tertiary/aromatic N) is 2. The molecular formula is C26H34N2SSi2. The molecular weight excluding hydrogens is 429 g/mol. The van der Waals surface area contributed by atoms with Gasteiger partial charge in [-0.2, -0.15) is 0 Å². The molecule has 0 N–H and O–H groups in total. The van der Waals surface area contributed by atoms with Crippen molar-refractivity contribution in [1.29, 1.82) is 0 Å². The maximum absolute atomic E-state index is 4.85. The molecule has 0 radical (unpaired) electrons. The molecule has 0 aliphatic carbocycles. The Labute approximate surface area is 193 Å². The smallest absolute Gasteiger partial charge is 0.0775 e. The molecule has 0 saturated heterocycles. The van der Waals surface area contributed by atoms with Crippen molar-refractivity contribution in [3.8, 4) is 0 Å². The highest BCUT2D eigenvalue weighted by atomic mass is 32.1. The third-order valence-corrected chi connectivity index (χ3v) is 10.8. The van der Waals surface area contributed by atoms with E-state index in [0.29, 0.717) is 0 Å². The second-order valence-corrected chi connectivity index (χ2v) is 21.4. The summed E-state index contributed by atoms with van der Waals surface area (Å²) < 4.78 is 0. The van der Waals surface area contributed by atoms with Crippen LogP contribution in [0.4, 0.5) is 11.4 Å². The molecule has 5 heteroatoms. The van der Waals surface area contributed by atoms with E-state index in [4.69, 9.17) is 9.98 Å². The van der Waals surface area contributed by atoms with Gasteiger partial charge in [-0.05, 0) is 50.2 Å². The molecule has 0 bridgehead atoms. The number of thiophene rings is 1. The second kappa shape index (κ2) is 9.19. The average Bonchev–Trinajstić information content (AvgIpc) is 3.18. The Hall–Kier alpha value is -2.09. The van der Waals surface area contributed by atoms with E-state index in [2.05, 4.69) is 114 Å². The van der Waals surface area contributed by atoms with Crippen LogP contribution in [0.1, 0.15) is 23.6 Å². The Balaban J connectivity index is 1.77. The summed E-state index contributed by atoms with van der Waals surface area (Å²) in [6, 6.07) is 21.8. The molecule has 1 heterocycles. The molecule has 3 aromatic rings. The van der Waals surface area contributed by atoms with Crippen molar-refractivity contribution >= 4 is 60.7 Å². The molecule has 3 rings (SSSR count). The van der Waals surface area contributed by atoms with Crippen molar-refractivity contribution in [2.24, 2.45) is 9.98 Å². The van der Waals surface area contributed by atoms with E-state index in [1.54, 1.807) is 11.3 Å². The van der Waals surface area contributed by atoms with E-state index in [1.807, 2.05) is 0 Å². The summed E-state index contributed by atoms with van der Waals surface area (Å²) >= 11 is 1.75. The molecule has 2 nitrogen and oxygen atoms in total. The Morgan fingerprint density at radius 2 is 0.871 bits per heavy atom. The maximum atomic E-state index is 4.85. The fraction of sp³-hybridized carbons (Fsp3) is 0.308. The van der Waals surface area contributed by atoms with E-state index in [1.165, 1.54) is 20.1 Å². The summed E-state index contributed by atoms with van der Waals surface area (Å²) in [6.45, 7) is 18.4. The molecule has 0 aliphatic heterocycles. The van der Waals surface area contributed by atoms with Gasteiger partial charge in [0.1, 0.15) is 0 Å². The van der Waals surface area contributed by atoms with Crippen LogP contribution in [-0.4, -0.2) is 27.6 Å². The van der Waals surface area contributed by atoms with E-state index < -0.39 is 16.1 Å². The first-order valence-corrected chi connectivity index (χ1v) is 18.7. The number of aliphatic imine (C=N–C) groups is 2.